The Bertz CT molecular complexity index is 435. The molecule has 1 aromatic heterocycles. The summed E-state index contributed by atoms with van der Waals surface area (Å²) < 4.78 is 0. The first-order valence-corrected chi connectivity index (χ1v) is 6.54. The van der Waals surface area contributed by atoms with Gasteiger partial charge in [-0.05, 0) is 26.3 Å². The van der Waals surface area contributed by atoms with Crippen molar-refractivity contribution >= 4 is 11.9 Å². The predicted molar refractivity (Wildman–Crippen MR) is 72.0 cm³/mol. The van der Waals surface area contributed by atoms with E-state index >= 15 is 0 Å². The van der Waals surface area contributed by atoms with Gasteiger partial charge in [0.1, 0.15) is 6.54 Å². The molecule has 1 saturated heterocycles. The van der Waals surface area contributed by atoms with Gasteiger partial charge in [-0.1, -0.05) is 0 Å². The smallest absolute Gasteiger partial charge is 0.323 e. The molecule has 0 aliphatic carbocycles. The molecule has 1 aromatic rings. The Hall–Kier alpha value is -1.69. The molecule has 0 amide bonds. The highest BCUT2D eigenvalue weighted by Gasteiger charge is 2.20. The maximum atomic E-state index is 10.6. The van der Waals surface area contributed by atoms with E-state index in [1.807, 2.05) is 0 Å². The highest BCUT2D eigenvalue weighted by molar-refractivity contribution is 5.72. The van der Waals surface area contributed by atoms with Gasteiger partial charge in [0.15, 0.2) is 0 Å². The molecule has 6 nitrogen and oxygen atoms in total. The third-order valence-corrected chi connectivity index (χ3v) is 3.48. The summed E-state index contributed by atoms with van der Waals surface area (Å²) in [5, 5.41) is 8.71. The SMILES string of the molecule is C[C@H]1CCCN1Cc1cnc(N(C)CC(=O)O)nc1. The zero-order chi connectivity index (χ0) is 13.8. The highest BCUT2D eigenvalue weighted by atomic mass is 16.4. The lowest BCUT2D eigenvalue weighted by Crippen LogP contribution is -2.28. The first kappa shape index (κ1) is 13.7. The second-order valence-corrected chi connectivity index (χ2v) is 5.10. The summed E-state index contributed by atoms with van der Waals surface area (Å²) in [6, 6.07) is 0.620. The van der Waals surface area contributed by atoms with Crippen LogP contribution in [0.1, 0.15) is 25.3 Å². The van der Waals surface area contributed by atoms with Crippen LogP contribution in [0.25, 0.3) is 0 Å². The number of aliphatic carboxylic acids is 1. The van der Waals surface area contributed by atoms with Crippen molar-refractivity contribution in [3.8, 4) is 0 Å². The molecule has 1 fully saturated rings. The lowest BCUT2D eigenvalue weighted by molar-refractivity contribution is -0.135. The minimum Gasteiger partial charge on any atom is -0.480 e. The molecule has 0 aromatic carbocycles. The molecule has 2 heterocycles. The minimum absolute atomic E-state index is 0.0947. The standard InChI is InChI=1S/C13H20N4O2/c1-10-4-3-5-17(10)8-11-6-14-13(15-7-11)16(2)9-12(18)19/h6-7,10H,3-5,8-9H2,1-2H3,(H,18,19)/t10-/m0/s1. The van der Waals surface area contributed by atoms with E-state index in [0.29, 0.717) is 12.0 Å². The Balaban J connectivity index is 1.96. The summed E-state index contributed by atoms with van der Waals surface area (Å²) in [4.78, 5) is 23.0. The second-order valence-electron chi connectivity index (χ2n) is 5.10. The average molecular weight is 264 g/mol. The first-order valence-electron chi connectivity index (χ1n) is 6.54. The summed E-state index contributed by atoms with van der Waals surface area (Å²) in [6.07, 6.45) is 6.07. The van der Waals surface area contributed by atoms with Gasteiger partial charge < -0.3 is 10.0 Å². The van der Waals surface area contributed by atoms with Gasteiger partial charge in [-0.2, -0.15) is 0 Å². The van der Waals surface area contributed by atoms with Crippen LogP contribution < -0.4 is 4.90 Å². The van der Waals surface area contributed by atoms with Crippen molar-refractivity contribution in [3.63, 3.8) is 0 Å². The first-order chi connectivity index (χ1) is 9.06. The molecule has 1 aliphatic heterocycles. The number of carboxylic acids is 1. The molecule has 1 atom stereocenters. The fourth-order valence-corrected chi connectivity index (χ4v) is 2.36. The van der Waals surface area contributed by atoms with E-state index < -0.39 is 5.97 Å². The fourth-order valence-electron chi connectivity index (χ4n) is 2.36. The van der Waals surface area contributed by atoms with Gasteiger partial charge in [0.05, 0.1) is 0 Å². The van der Waals surface area contributed by atoms with Crippen molar-refractivity contribution in [1.82, 2.24) is 14.9 Å². The third-order valence-electron chi connectivity index (χ3n) is 3.48. The van der Waals surface area contributed by atoms with E-state index in [-0.39, 0.29) is 6.54 Å². The molecule has 6 heteroatoms. The molecular weight excluding hydrogens is 244 g/mol. The molecule has 1 N–H and O–H groups in total. The summed E-state index contributed by atoms with van der Waals surface area (Å²) in [5.41, 5.74) is 1.07. The van der Waals surface area contributed by atoms with Gasteiger partial charge in [-0.15, -0.1) is 0 Å². The molecule has 19 heavy (non-hydrogen) atoms. The van der Waals surface area contributed by atoms with Crippen molar-refractivity contribution in [3.05, 3.63) is 18.0 Å². The molecular formula is C13H20N4O2. The number of likely N-dealkylation sites (N-methyl/N-ethyl adjacent to an activating group) is 1. The Morgan fingerprint density at radius 3 is 2.74 bits per heavy atom. The van der Waals surface area contributed by atoms with Gasteiger partial charge in [0, 0.05) is 37.6 Å². The quantitative estimate of drug-likeness (QED) is 0.855. The van der Waals surface area contributed by atoms with Gasteiger partial charge in [0.25, 0.3) is 0 Å². The monoisotopic (exact) mass is 264 g/mol. The molecule has 0 spiro atoms. The van der Waals surface area contributed by atoms with Gasteiger partial charge in [-0.25, -0.2) is 9.97 Å². The van der Waals surface area contributed by atoms with E-state index in [4.69, 9.17) is 5.11 Å². The Morgan fingerprint density at radius 2 is 2.21 bits per heavy atom. The van der Waals surface area contributed by atoms with Crippen molar-refractivity contribution in [2.75, 3.05) is 25.0 Å². The van der Waals surface area contributed by atoms with Gasteiger partial charge in [0.2, 0.25) is 5.95 Å². The summed E-state index contributed by atoms with van der Waals surface area (Å²) in [5.74, 6) is -0.443. The average Bonchev–Trinajstić information content (AvgIpc) is 2.75. The highest BCUT2D eigenvalue weighted by Crippen LogP contribution is 2.19. The fraction of sp³-hybridized carbons (Fsp3) is 0.615. The molecule has 104 valence electrons. The number of carbonyl (C=O) groups is 1. The summed E-state index contributed by atoms with van der Waals surface area (Å²) in [7, 11) is 1.67. The van der Waals surface area contributed by atoms with E-state index in [0.717, 1.165) is 18.7 Å². The molecule has 0 saturated carbocycles. The van der Waals surface area contributed by atoms with Crippen molar-refractivity contribution in [2.45, 2.75) is 32.4 Å². The van der Waals surface area contributed by atoms with Gasteiger partial charge in [-0.3, -0.25) is 9.69 Å². The second kappa shape index (κ2) is 5.97. The van der Waals surface area contributed by atoms with E-state index in [1.165, 1.54) is 17.7 Å². The van der Waals surface area contributed by atoms with Crippen LogP contribution in [0.15, 0.2) is 12.4 Å². The maximum Gasteiger partial charge on any atom is 0.323 e. The van der Waals surface area contributed by atoms with Crippen LogP contribution in [0.5, 0.6) is 0 Å². The summed E-state index contributed by atoms with van der Waals surface area (Å²) in [6.45, 7) is 4.14. The number of aromatic nitrogens is 2. The number of likely N-dealkylation sites (tertiary alicyclic amines) is 1. The Morgan fingerprint density at radius 1 is 1.53 bits per heavy atom. The van der Waals surface area contributed by atoms with E-state index in [1.54, 1.807) is 19.4 Å². The molecule has 2 rings (SSSR count). The van der Waals surface area contributed by atoms with E-state index in [9.17, 15) is 4.79 Å². The van der Waals surface area contributed by atoms with Crippen molar-refractivity contribution in [1.29, 1.82) is 0 Å². The van der Waals surface area contributed by atoms with E-state index in [2.05, 4.69) is 21.8 Å². The minimum atomic E-state index is -0.888. The number of hydrogen-bond donors (Lipinski definition) is 1. The zero-order valence-electron chi connectivity index (χ0n) is 11.4. The molecule has 0 unspecified atom stereocenters. The summed E-state index contributed by atoms with van der Waals surface area (Å²) >= 11 is 0. The van der Waals surface area contributed by atoms with Crippen LogP contribution in [0.2, 0.25) is 0 Å². The number of rotatable bonds is 5. The number of hydrogen-bond acceptors (Lipinski definition) is 5. The largest absolute Gasteiger partial charge is 0.480 e. The lowest BCUT2D eigenvalue weighted by Gasteiger charge is -2.21. The molecule has 0 bridgehead atoms. The number of carboxylic acid groups (broad SMARTS) is 1. The van der Waals surface area contributed by atoms with Crippen LogP contribution in [-0.2, 0) is 11.3 Å². The van der Waals surface area contributed by atoms with Crippen molar-refractivity contribution in [2.24, 2.45) is 0 Å². The van der Waals surface area contributed by atoms with Gasteiger partial charge >= 0.3 is 5.97 Å². The lowest BCUT2D eigenvalue weighted by atomic mass is 10.2. The van der Waals surface area contributed by atoms with Crippen LogP contribution in [0.4, 0.5) is 5.95 Å². The Kier molecular flexibility index (Phi) is 4.31. The number of anilines is 1. The van der Waals surface area contributed by atoms with Crippen LogP contribution in [0.3, 0.4) is 0 Å². The molecule has 0 radical (unpaired) electrons. The van der Waals surface area contributed by atoms with Crippen LogP contribution >= 0.6 is 0 Å². The zero-order valence-corrected chi connectivity index (χ0v) is 11.4. The van der Waals surface area contributed by atoms with Crippen LogP contribution in [-0.4, -0.2) is 52.1 Å². The normalized spacial score (nSPS) is 19.6. The Labute approximate surface area is 113 Å². The predicted octanol–water partition coefficient (Wildman–Crippen LogP) is 0.982. The van der Waals surface area contributed by atoms with Crippen molar-refractivity contribution < 1.29 is 9.90 Å². The molecule has 1 aliphatic rings. The maximum absolute atomic E-state index is 10.6. The third kappa shape index (κ3) is 3.64. The number of nitrogens with zero attached hydrogens (tertiary/aromatic N) is 4. The van der Waals surface area contributed by atoms with Crippen LogP contribution in [0, 0.1) is 0 Å². The topological polar surface area (TPSA) is 69.6 Å².